The number of alkyl halides is 5. The SMILES string of the molecule is NC1CCN(C2CCN(C(=O)C(F)(F)C(F)(F)F)C2)CC1. The van der Waals surface area contributed by atoms with E-state index < -0.39 is 18.0 Å². The summed E-state index contributed by atoms with van der Waals surface area (Å²) in [4.78, 5) is 14.0. The van der Waals surface area contributed by atoms with E-state index in [1.807, 2.05) is 4.90 Å². The summed E-state index contributed by atoms with van der Waals surface area (Å²) in [6.45, 7) is 1.21. The van der Waals surface area contributed by atoms with Gasteiger partial charge in [0.1, 0.15) is 0 Å². The average Bonchev–Trinajstić information content (AvgIpc) is 2.86. The van der Waals surface area contributed by atoms with E-state index in [0.29, 0.717) is 24.4 Å². The Morgan fingerprint density at radius 1 is 1.00 bits per heavy atom. The van der Waals surface area contributed by atoms with E-state index in [2.05, 4.69) is 0 Å². The van der Waals surface area contributed by atoms with Crippen LogP contribution in [0.3, 0.4) is 0 Å². The normalized spacial score (nSPS) is 26.4. The molecule has 2 aliphatic heterocycles. The Labute approximate surface area is 119 Å². The molecule has 9 heteroatoms. The lowest BCUT2D eigenvalue weighted by atomic mass is 10.0. The largest absolute Gasteiger partial charge is 0.463 e. The Morgan fingerprint density at radius 3 is 2.10 bits per heavy atom. The highest BCUT2D eigenvalue weighted by molar-refractivity contribution is 5.84. The molecule has 1 amide bonds. The summed E-state index contributed by atoms with van der Waals surface area (Å²) in [5, 5.41) is 0. The molecule has 0 aromatic rings. The van der Waals surface area contributed by atoms with Crippen LogP contribution in [0.2, 0.25) is 0 Å². The molecule has 0 saturated carbocycles. The topological polar surface area (TPSA) is 49.6 Å². The van der Waals surface area contributed by atoms with Gasteiger partial charge in [0.15, 0.2) is 0 Å². The van der Waals surface area contributed by atoms with Gasteiger partial charge >= 0.3 is 18.0 Å². The van der Waals surface area contributed by atoms with Crippen molar-refractivity contribution in [1.29, 1.82) is 0 Å². The van der Waals surface area contributed by atoms with Gasteiger partial charge in [-0.3, -0.25) is 9.69 Å². The van der Waals surface area contributed by atoms with Crippen molar-refractivity contribution in [2.75, 3.05) is 26.2 Å². The van der Waals surface area contributed by atoms with Crippen molar-refractivity contribution in [2.24, 2.45) is 5.73 Å². The smallest absolute Gasteiger partial charge is 0.336 e. The lowest BCUT2D eigenvalue weighted by Crippen LogP contribution is -2.52. The zero-order valence-electron chi connectivity index (χ0n) is 11.4. The maximum atomic E-state index is 13.1. The number of rotatable bonds is 2. The van der Waals surface area contributed by atoms with Crippen LogP contribution in [0.1, 0.15) is 19.3 Å². The number of hydrogen-bond donors (Lipinski definition) is 1. The van der Waals surface area contributed by atoms with Gasteiger partial charge in [-0.05, 0) is 32.4 Å². The van der Waals surface area contributed by atoms with E-state index in [-0.39, 0.29) is 25.2 Å². The van der Waals surface area contributed by atoms with Crippen LogP contribution in [0.15, 0.2) is 0 Å². The van der Waals surface area contributed by atoms with Gasteiger partial charge in [0, 0.05) is 25.2 Å². The Kier molecular flexibility index (Phi) is 4.44. The second-order valence-corrected chi connectivity index (χ2v) is 5.64. The molecule has 2 fully saturated rings. The van der Waals surface area contributed by atoms with Crippen LogP contribution in [0.5, 0.6) is 0 Å². The first-order valence-electron chi connectivity index (χ1n) is 6.86. The fraction of sp³-hybridized carbons (Fsp3) is 0.917. The summed E-state index contributed by atoms with van der Waals surface area (Å²) in [6, 6.07) is -0.0552. The predicted molar refractivity (Wildman–Crippen MR) is 64.8 cm³/mol. The summed E-state index contributed by atoms with van der Waals surface area (Å²) in [5.41, 5.74) is 5.76. The number of carbonyl (C=O) groups is 1. The molecule has 1 atom stereocenters. The molecule has 21 heavy (non-hydrogen) atoms. The van der Waals surface area contributed by atoms with Crippen LogP contribution < -0.4 is 5.73 Å². The Morgan fingerprint density at radius 2 is 1.57 bits per heavy atom. The minimum atomic E-state index is -5.85. The summed E-state index contributed by atoms with van der Waals surface area (Å²) >= 11 is 0. The minimum Gasteiger partial charge on any atom is -0.336 e. The number of hydrogen-bond acceptors (Lipinski definition) is 3. The average molecular weight is 315 g/mol. The first-order chi connectivity index (χ1) is 9.63. The third kappa shape index (κ3) is 3.28. The van der Waals surface area contributed by atoms with E-state index in [4.69, 9.17) is 5.73 Å². The molecule has 0 aromatic carbocycles. The van der Waals surface area contributed by atoms with Gasteiger partial charge in [0.2, 0.25) is 0 Å². The minimum absolute atomic E-state index is 0.0717. The highest BCUT2D eigenvalue weighted by Crippen LogP contribution is 2.37. The van der Waals surface area contributed by atoms with Gasteiger partial charge in [0.25, 0.3) is 0 Å². The van der Waals surface area contributed by atoms with Crippen LogP contribution in [-0.4, -0.2) is 66.1 Å². The van der Waals surface area contributed by atoms with Crippen molar-refractivity contribution >= 4 is 5.91 Å². The van der Waals surface area contributed by atoms with Crippen molar-refractivity contribution in [1.82, 2.24) is 9.80 Å². The van der Waals surface area contributed by atoms with E-state index >= 15 is 0 Å². The van der Waals surface area contributed by atoms with Crippen LogP contribution in [0.4, 0.5) is 22.0 Å². The highest BCUT2D eigenvalue weighted by atomic mass is 19.4. The number of amides is 1. The van der Waals surface area contributed by atoms with E-state index in [1.54, 1.807) is 0 Å². The van der Waals surface area contributed by atoms with Crippen molar-refractivity contribution in [3.8, 4) is 0 Å². The number of carbonyl (C=O) groups excluding carboxylic acids is 1. The molecule has 2 N–H and O–H groups in total. The van der Waals surface area contributed by atoms with E-state index in [9.17, 15) is 26.7 Å². The first kappa shape index (κ1) is 16.4. The third-order valence-electron chi connectivity index (χ3n) is 4.17. The fourth-order valence-corrected chi connectivity index (χ4v) is 2.83. The summed E-state index contributed by atoms with van der Waals surface area (Å²) in [6.07, 6.45) is -3.90. The van der Waals surface area contributed by atoms with Crippen LogP contribution in [0, 0.1) is 0 Å². The van der Waals surface area contributed by atoms with Gasteiger partial charge in [0.05, 0.1) is 0 Å². The molecule has 1 unspecified atom stereocenters. The number of nitrogens with two attached hydrogens (primary N) is 1. The van der Waals surface area contributed by atoms with Crippen molar-refractivity contribution in [2.45, 2.75) is 43.4 Å². The second-order valence-electron chi connectivity index (χ2n) is 5.64. The second kappa shape index (κ2) is 5.68. The van der Waals surface area contributed by atoms with E-state index in [0.717, 1.165) is 12.8 Å². The first-order valence-corrected chi connectivity index (χ1v) is 6.86. The van der Waals surface area contributed by atoms with E-state index in [1.165, 1.54) is 0 Å². The molecule has 2 rings (SSSR count). The maximum absolute atomic E-state index is 13.1. The van der Waals surface area contributed by atoms with Gasteiger partial charge < -0.3 is 10.6 Å². The zero-order chi connectivity index (χ0) is 15.8. The lowest BCUT2D eigenvalue weighted by molar-refractivity contribution is -0.274. The van der Waals surface area contributed by atoms with Gasteiger partial charge in [-0.25, -0.2) is 0 Å². The van der Waals surface area contributed by atoms with Crippen molar-refractivity contribution in [3.05, 3.63) is 0 Å². The molecule has 122 valence electrons. The number of likely N-dealkylation sites (tertiary alicyclic amines) is 2. The Balaban J connectivity index is 1.95. The number of nitrogens with zero attached hydrogens (tertiary/aromatic N) is 2. The zero-order valence-corrected chi connectivity index (χ0v) is 11.4. The molecule has 2 heterocycles. The standard InChI is InChI=1S/C12H18F5N3O/c13-11(14,12(15,16)17)10(21)20-6-3-9(7-20)19-4-1-8(18)2-5-19/h8-9H,1-7,18H2. The Bertz CT molecular complexity index is 393. The monoisotopic (exact) mass is 315 g/mol. The van der Waals surface area contributed by atoms with Crippen molar-refractivity contribution < 1.29 is 26.7 Å². The molecule has 0 radical (unpaired) electrons. The van der Waals surface area contributed by atoms with Gasteiger partial charge in [-0.2, -0.15) is 22.0 Å². The molecular formula is C12H18F5N3O. The quantitative estimate of drug-likeness (QED) is 0.779. The van der Waals surface area contributed by atoms with Crippen molar-refractivity contribution in [3.63, 3.8) is 0 Å². The van der Waals surface area contributed by atoms with Crippen LogP contribution in [0.25, 0.3) is 0 Å². The van der Waals surface area contributed by atoms with Gasteiger partial charge in [-0.15, -0.1) is 0 Å². The molecule has 0 aliphatic carbocycles. The fourth-order valence-electron chi connectivity index (χ4n) is 2.83. The van der Waals surface area contributed by atoms with Crippen LogP contribution >= 0.6 is 0 Å². The third-order valence-corrected chi connectivity index (χ3v) is 4.17. The predicted octanol–water partition coefficient (Wildman–Crippen LogP) is 1.21. The molecule has 2 saturated heterocycles. The summed E-state index contributed by atoms with van der Waals surface area (Å²) < 4.78 is 62.7. The lowest BCUT2D eigenvalue weighted by Gasteiger charge is -2.34. The summed E-state index contributed by atoms with van der Waals surface area (Å²) in [5.74, 6) is -7.46. The highest BCUT2D eigenvalue weighted by Gasteiger charge is 2.65. The number of halogens is 5. The molecular weight excluding hydrogens is 297 g/mol. The van der Waals surface area contributed by atoms with Gasteiger partial charge in [-0.1, -0.05) is 0 Å². The number of piperidine rings is 1. The molecule has 0 spiro atoms. The molecule has 0 bridgehead atoms. The van der Waals surface area contributed by atoms with Crippen LogP contribution in [-0.2, 0) is 4.79 Å². The maximum Gasteiger partial charge on any atom is 0.463 e. The molecule has 4 nitrogen and oxygen atoms in total. The molecule has 2 aliphatic rings. The Hall–Kier alpha value is -0.960. The summed E-state index contributed by atoms with van der Waals surface area (Å²) in [7, 11) is 0. The molecule has 0 aromatic heterocycles.